The minimum Gasteiger partial charge on any atom is -0.497 e. The van der Waals surface area contributed by atoms with E-state index in [0.29, 0.717) is 5.92 Å². The summed E-state index contributed by atoms with van der Waals surface area (Å²) >= 11 is 4.59. The van der Waals surface area contributed by atoms with Crippen molar-refractivity contribution in [2.45, 2.75) is 43.7 Å². The Morgan fingerprint density at radius 2 is 1.95 bits per heavy atom. The highest BCUT2D eigenvalue weighted by Gasteiger charge is 2.38. The van der Waals surface area contributed by atoms with Gasteiger partial charge in [-0.1, -0.05) is 12.1 Å². The SMILES string of the molecule is COc1ccc([C@H]2C[C@@H](C(=O)N[C@H]3C[C@@H](N=C=S)C3)C2)cc1. The minimum atomic E-state index is 0.153. The largest absolute Gasteiger partial charge is 0.497 e. The van der Waals surface area contributed by atoms with Crippen LogP contribution in [-0.4, -0.2) is 30.3 Å². The first-order valence-electron chi connectivity index (χ1n) is 7.71. The highest BCUT2D eigenvalue weighted by atomic mass is 32.1. The number of thiocarbonyl (C=S) groups is 1. The number of amides is 1. The molecule has 0 aromatic heterocycles. The second-order valence-electron chi connectivity index (χ2n) is 6.19. The van der Waals surface area contributed by atoms with Gasteiger partial charge in [0.25, 0.3) is 0 Å². The van der Waals surface area contributed by atoms with Crippen LogP contribution in [0.15, 0.2) is 29.3 Å². The number of hydrogen-bond donors (Lipinski definition) is 1. The first kappa shape index (κ1) is 15.2. The highest BCUT2D eigenvalue weighted by Crippen LogP contribution is 2.42. The predicted molar refractivity (Wildman–Crippen MR) is 88.4 cm³/mol. The van der Waals surface area contributed by atoms with Crippen molar-refractivity contribution in [3.63, 3.8) is 0 Å². The number of aliphatic imine (C=N–C) groups is 1. The van der Waals surface area contributed by atoms with E-state index in [2.05, 4.69) is 39.8 Å². The van der Waals surface area contributed by atoms with Crippen LogP contribution in [0.25, 0.3) is 0 Å². The second-order valence-corrected chi connectivity index (χ2v) is 6.37. The maximum absolute atomic E-state index is 12.2. The quantitative estimate of drug-likeness (QED) is 0.671. The van der Waals surface area contributed by atoms with Crippen LogP contribution < -0.4 is 10.1 Å². The zero-order valence-corrected chi connectivity index (χ0v) is 13.4. The van der Waals surface area contributed by atoms with E-state index in [4.69, 9.17) is 4.74 Å². The van der Waals surface area contributed by atoms with Gasteiger partial charge in [0.1, 0.15) is 5.75 Å². The van der Waals surface area contributed by atoms with Gasteiger partial charge in [-0.05, 0) is 61.5 Å². The molecule has 0 unspecified atom stereocenters. The fraction of sp³-hybridized carbons (Fsp3) is 0.529. The number of hydrogen-bond acceptors (Lipinski definition) is 4. The third kappa shape index (κ3) is 3.21. The zero-order valence-electron chi connectivity index (χ0n) is 12.6. The molecule has 2 aliphatic rings. The van der Waals surface area contributed by atoms with Crippen LogP contribution in [0.3, 0.4) is 0 Å². The number of rotatable bonds is 5. The average Bonchev–Trinajstić information content (AvgIpc) is 2.44. The van der Waals surface area contributed by atoms with E-state index in [1.165, 1.54) is 5.56 Å². The number of benzene rings is 1. The van der Waals surface area contributed by atoms with Crippen LogP contribution in [0.4, 0.5) is 0 Å². The van der Waals surface area contributed by atoms with E-state index in [0.717, 1.165) is 31.4 Å². The second kappa shape index (κ2) is 6.59. The van der Waals surface area contributed by atoms with E-state index < -0.39 is 0 Å². The molecule has 2 saturated carbocycles. The van der Waals surface area contributed by atoms with E-state index >= 15 is 0 Å². The Morgan fingerprint density at radius 3 is 2.55 bits per heavy atom. The molecule has 0 aliphatic heterocycles. The lowest BCUT2D eigenvalue weighted by molar-refractivity contribution is -0.129. The van der Waals surface area contributed by atoms with Gasteiger partial charge in [-0.15, -0.1) is 0 Å². The van der Waals surface area contributed by atoms with Gasteiger partial charge in [0, 0.05) is 12.0 Å². The van der Waals surface area contributed by atoms with Gasteiger partial charge in [-0.2, -0.15) is 0 Å². The summed E-state index contributed by atoms with van der Waals surface area (Å²) in [6.07, 6.45) is 3.66. The Bertz CT molecular complexity index is 583. The summed E-state index contributed by atoms with van der Waals surface area (Å²) in [6.45, 7) is 0. The van der Waals surface area contributed by atoms with Gasteiger partial charge in [0.15, 0.2) is 0 Å². The van der Waals surface area contributed by atoms with Crippen LogP contribution in [0.1, 0.15) is 37.2 Å². The molecule has 116 valence electrons. The molecule has 0 atom stereocenters. The summed E-state index contributed by atoms with van der Waals surface area (Å²) in [4.78, 5) is 16.2. The Balaban J connectivity index is 1.43. The first-order valence-corrected chi connectivity index (χ1v) is 8.11. The van der Waals surface area contributed by atoms with E-state index in [-0.39, 0.29) is 23.9 Å². The van der Waals surface area contributed by atoms with Crippen molar-refractivity contribution < 1.29 is 9.53 Å². The molecule has 1 N–H and O–H groups in total. The number of isothiocyanates is 1. The van der Waals surface area contributed by atoms with Crippen LogP contribution >= 0.6 is 12.2 Å². The third-order valence-corrected chi connectivity index (χ3v) is 4.90. The molecular weight excluding hydrogens is 296 g/mol. The zero-order chi connectivity index (χ0) is 15.5. The van der Waals surface area contributed by atoms with Gasteiger partial charge < -0.3 is 10.1 Å². The topological polar surface area (TPSA) is 50.7 Å². The molecular formula is C17H20N2O2S. The lowest BCUT2D eigenvalue weighted by Crippen LogP contribution is -2.49. The fourth-order valence-corrected chi connectivity index (χ4v) is 3.33. The van der Waals surface area contributed by atoms with Crippen molar-refractivity contribution in [2.75, 3.05) is 7.11 Å². The smallest absolute Gasteiger partial charge is 0.223 e. The maximum Gasteiger partial charge on any atom is 0.223 e. The first-order chi connectivity index (χ1) is 10.7. The number of ether oxygens (including phenoxy) is 1. The molecule has 0 radical (unpaired) electrons. The summed E-state index contributed by atoms with van der Waals surface area (Å²) in [5.41, 5.74) is 1.30. The van der Waals surface area contributed by atoms with Gasteiger partial charge in [-0.25, -0.2) is 4.99 Å². The van der Waals surface area contributed by atoms with Gasteiger partial charge in [0.2, 0.25) is 5.91 Å². The normalized spacial score (nSPS) is 29.5. The standard InChI is InChI=1S/C17H20N2O2S/c1-21-16-4-2-11(3-5-16)12-6-13(7-12)17(20)19-15-8-14(9-15)18-10-22/h2-5,12-15H,6-9H2,1H3,(H,19,20)/t12-,13+,14-,15+. The number of nitrogens with zero attached hydrogens (tertiary/aromatic N) is 1. The van der Waals surface area contributed by atoms with E-state index in [9.17, 15) is 4.79 Å². The van der Waals surface area contributed by atoms with Gasteiger partial charge in [-0.3, -0.25) is 4.79 Å². The predicted octanol–water partition coefficient (Wildman–Crippen LogP) is 2.94. The Kier molecular flexibility index (Phi) is 4.55. The molecule has 3 rings (SSSR count). The van der Waals surface area contributed by atoms with Crippen LogP contribution in [-0.2, 0) is 4.79 Å². The number of carbonyl (C=O) groups excluding carboxylic acids is 1. The van der Waals surface area contributed by atoms with Crippen molar-refractivity contribution >= 4 is 23.3 Å². The number of nitrogens with one attached hydrogen (secondary N) is 1. The molecule has 2 fully saturated rings. The fourth-order valence-electron chi connectivity index (χ4n) is 3.18. The van der Waals surface area contributed by atoms with E-state index in [1.807, 2.05) is 12.1 Å². The lowest BCUT2D eigenvalue weighted by atomic mass is 9.70. The van der Waals surface area contributed by atoms with Crippen molar-refractivity contribution in [3.8, 4) is 5.75 Å². The molecule has 0 saturated heterocycles. The van der Waals surface area contributed by atoms with Crippen molar-refractivity contribution in [3.05, 3.63) is 29.8 Å². The molecule has 0 heterocycles. The molecule has 0 spiro atoms. The summed E-state index contributed by atoms with van der Waals surface area (Å²) in [7, 11) is 1.67. The lowest BCUT2D eigenvalue weighted by Gasteiger charge is -2.38. The van der Waals surface area contributed by atoms with Gasteiger partial charge in [0.05, 0.1) is 18.3 Å². The Hall–Kier alpha value is -1.71. The average molecular weight is 316 g/mol. The molecule has 0 bridgehead atoms. The molecule has 4 nitrogen and oxygen atoms in total. The highest BCUT2D eigenvalue weighted by molar-refractivity contribution is 7.78. The summed E-state index contributed by atoms with van der Waals surface area (Å²) < 4.78 is 5.17. The molecule has 1 amide bonds. The summed E-state index contributed by atoms with van der Waals surface area (Å²) in [5, 5.41) is 5.52. The van der Waals surface area contributed by atoms with E-state index in [1.54, 1.807) is 7.11 Å². The Labute approximate surface area is 136 Å². The minimum absolute atomic E-state index is 0.153. The summed E-state index contributed by atoms with van der Waals surface area (Å²) in [6, 6.07) is 8.68. The molecule has 5 heteroatoms. The molecule has 22 heavy (non-hydrogen) atoms. The molecule has 1 aromatic carbocycles. The van der Waals surface area contributed by atoms with Crippen LogP contribution in [0.5, 0.6) is 5.75 Å². The van der Waals surface area contributed by atoms with Crippen molar-refractivity contribution in [1.29, 1.82) is 0 Å². The Morgan fingerprint density at radius 1 is 1.27 bits per heavy atom. The number of methoxy groups -OCH3 is 1. The summed E-state index contributed by atoms with van der Waals surface area (Å²) in [5.74, 6) is 1.71. The van der Waals surface area contributed by atoms with Crippen molar-refractivity contribution in [1.82, 2.24) is 5.32 Å². The maximum atomic E-state index is 12.2. The third-order valence-electron chi connectivity index (χ3n) is 4.79. The monoisotopic (exact) mass is 316 g/mol. The molecule has 2 aliphatic carbocycles. The van der Waals surface area contributed by atoms with Crippen LogP contribution in [0, 0.1) is 5.92 Å². The molecule has 1 aromatic rings. The number of carbonyl (C=O) groups is 1. The van der Waals surface area contributed by atoms with Crippen molar-refractivity contribution in [2.24, 2.45) is 10.9 Å². The van der Waals surface area contributed by atoms with Gasteiger partial charge >= 0.3 is 0 Å². The van der Waals surface area contributed by atoms with Crippen LogP contribution in [0.2, 0.25) is 0 Å².